The number of rotatable bonds is 4. The number of fused-ring (bicyclic) bond motifs is 1. The lowest BCUT2D eigenvalue weighted by Crippen LogP contribution is -2.48. The summed E-state index contributed by atoms with van der Waals surface area (Å²) in [7, 11) is 0. The smallest absolute Gasteiger partial charge is 0.252 e. The summed E-state index contributed by atoms with van der Waals surface area (Å²) >= 11 is 0. The van der Waals surface area contributed by atoms with Gasteiger partial charge in [0, 0.05) is 37.2 Å². The fourth-order valence-electron chi connectivity index (χ4n) is 5.34. The number of carbonyl (C=O) groups is 2. The van der Waals surface area contributed by atoms with Gasteiger partial charge in [0.15, 0.2) is 11.6 Å². The normalized spacial score (nSPS) is 27.3. The van der Waals surface area contributed by atoms with Crippen molar-refractivity contribution in [1.29, 1.82) is 0 Å². The highest BCUT2D eigenvalue weighted by Crippen LogP contribution is 2.33. The van der Waals surface area contributed by atoms with E-state index in [1.165, 1.54) is 12.1 Å². The van der Waals surface area contributed by atoms with Crippen LogP contribution in [0, 0.1) is 17.6 Å². The summed E-state index contributed by atoms with van der Waals surface area (Å²) in [4.78, 5) is 27.2. The number of hydrogen-bond acceptors (Lipinski definition) is 4. The van der Waals surface area contributed by atoms with Crippen molar-refractivity contribution < 1.29 is 18.4 Å². The zero-order valence-electron chi connectivity index (χ0n) is 17.6. The second kappa shape index (κ2) is 8.60. The largest absolute Gasteiger partial charge is 0.345 e. The van der Waals surface area contributed by atoms with Gasteiger partial charge in [-0.1, -0.05) is 24.3 Å². The lowest BCUT2D eigenvalue weighted by Gasteiger charge is -2.38. The van der Waals surface area contributed by atoms with Gasteiger partial charge in [0.2, 0.25) is 5.91 Å². The van der Waals surface area contributed by atoms with E-state index in [9.17, 15) is 18.4 Å². The molecule has 0 bridgehead atoms. The molecule has 6 nitrogen and oxygen atoms in total. The Kier molecular flexibility index (Phi) is 5.65. The van der Waals surface area contributed by atoms with Crippen molar-refractivity contribution in [2.24, 2.45) is 5.92 Å². The fraction of sp³-hybridized carbons (Fsp3) is 0.417. The molecule has 2 aromatic carbocycles. The van der Waals surface area contributed by atoms with E-state index < -0.39 is 11.6 Å². The fourth-order valence-corrected chi connectivity index (χ4v) is 5.34. The van der Waals surface area contributed by atoms with Gasteiger partial charge >= 0.3 is 0 Å². The first kappa shape index (κ1) is 21.0. The Morgan fingerprint density at radius 1 is 1.12 bits per heavy atom. The maximum absolute atomic E-state index is 13.8. The van der Waals surface area contributed by atoms with Crippen LogP contribution in [0.1, 0.15) is 52.7 Å². The highest BCUT2D eigenvalue weighted by atomic mass is 19.2. The number of benzene rings is 2. The number of carbonyl (C=O) groups excluding carboxylic acids is 2. The van der Waals surface area contributed by atoms with Crippen molar-refractivity contribution in [2.75, 3.05) is 19.6 Å². The third-order valence-electron chi connectivity index (χ3n) is 6.98. The van der Waals surface area contributed by atoms with E-state index in [1.807, 2.05) is 23.1 Å². The van der Waals surface area contributed by atoms with E-state index in [0.717, 1.165) is 24.0 Å². The minimum Gasteiger partial charge on any atom is -0.345 e. The summed E-state index contributed by atoms with van der Waals surface area (Å²) in [5.41, 5.74) is 8.71. The standard InChI is InChI=1S/C24H26F2N4O2/c25-19-8-7-14(10-20(19)26)18-12-27-29-23(18)15-4-3-9-30(13-15)22(31)11-21-16-5-1-2-6-17(16)24(32)28-21/h1-2,5-8,10,15,18,21,23,27,29H,3-4,9,11-13H2,(H,28,32). The monoisotopic (exact) mass is 440 g/mol. The van der Waals surface area contributed by atoms with Gasteiger partial charge in [-0.15, -0.1) is 0 Å². The lowest BCUT2D eigenvalue weighted by atomic mass is 9.81. The molecule has 3 heterocycles. The van der Waals surface area contributed by atoms with E-state index in [-0.39, 0.29) is 42.2 Å². The molecule has 3 N–H and O–H groups in total. The van der Waals surface area contributed by atoms with Crippen molar-refractivity contribution in [3.63, 3.8) is 0 Å². The molecule has 0 spiro atoms. The number of amides is 2. The van der Waals surface area contributed by atoms with Crippen LogP contribution in [0.5, 0.6) is 0 Å². The molecule has 5 rings (SSSR count). The van der Waals surface area contributed by atoms with Crippen LogP contribution in [0.4, 0.5) is 8.78 Å². The highest BCUT2D eigenvalue weighted by molar-refractivity contribution is 5.99. The van der Waals surface area contributed by atoms with Crippen LogP contribution in [0.25, 0.3) is 0 Å². The van der Waals surface area contributed by atoms with Crippen LogP contribution < -0.4 is 16.2 Å². The van der Waals surface area contributed by atoms with Gasteiger partial charge in [0.1, 0.15) is 0 Å². The van der Waals surface area contributed by atoms with Gasteiger partial charge < -0.3 is 10.2 Å². The average molecular weight is 440 g/mol. The maximum Gasteiger partial charge on any atom is 0.252 e. The SMILES string of the molecule is O=C1NC(CC(=O)N2CCCC(C3NNCC3c3ccc(F)c(F)c3)C2)c2ccccc21. The van der Waals surface area contributed by atoms with Crippen molar-refractivity contribution in [2.45, 2.75) is 37.3 Å². The van der Waals surface area contributed by atoms with Gasteiger partial charge in [0.05, 0.1) is 12.5 Å². The third-order valence-corrected chi connectivity index (χ3v) is 6.98. The molecule has 4 unspecified atom stereocenters. The minimum atomic E-state index is -0.848. The zero-order chi connectivity index (χ0) is 22.2. The van der Waals surface area contributed by atoms with E-state index in [0.29, 0.717) is 25.2 Å². The second-order valence-corrected chi connectivity index (χ2v) is 8.89. The highest BCUT2D eigenvalue weighted by Gasteiger charge is 2.39. The van der Waals surface area contributed by atoms with Gasteiger partial charge in [-0.2, -0.15) is 0 Å². The molecule has 2 amide bonds. The Hall–Kier alpha value is -2.84. The lowest BCUT2D eigenvalue weighted by molar-refractivity contribution is -0.133. The molecule has 2 fully saturated rings. The topological polar surface area (TPSA) is 73.5 Å². The van der Waals surface area contributed by atoms with Crippen molar-refractivity contribution in [1.82, 2.24) is 21.1 Å². The first-order chi connectivity index (χ1) is 15.5. The molecule has 0 aliphatic carbocycles. The summed E-state index contributed by atoms with van der Waals surface area (Å²) in [5.74, 6) is -1.62. The molecule has 2 aromatic rings. The van der Waals surface area contributed by atoms with Gasteiger partial charge in [-0.25, -0.2) is 8.78 Å². The first-order valence-electron chi connectivity index (χ1n) is 11.1. The van der Waals surface area contributed by atoms with E-state index >= 15 is 0 Å². The molecule has 4 atom stereocenters. The van der Waals surface area contributed by atoms with Crippen molar-refractivity contribution >= 4 is 11.8 Å². The summed E-state index contributed by atoms with van der Waals surface area (Å²) in [5, 5.41) is 2.92. The Labute approximate surface area is 185 Å². The molecular weight excluding hydrogens is 414 g/mol. The molecular formula is C24H26F2N4O2. The van der Waals surface area contributed by atoms with Crippen LogP contribution in [0.15, 0.2) is 42.5 Å². The molecule has 2 saturated heterocycles. The molecule has 0 aromatic heterocycles. The number of piperidine rings is 1. The number of halogens is 2. The number of likely N-dealkylation sites (tertiary alicyclic amines) is 1. The van der Waals surface area contributed by atoms with Gasteiger partial charge in [-0.3, -0.25) is 20.4 Å². The van der Waals surface area contributed by atoms with E-state index in [1.54, 1.807) is 12.1 Å². The summed E-state index contributed by atoms with van der Waals surface area (Å²) in [6, 6.07) is 11.2. The minimum absolute atomic E-state index is 0.00820. The maximum atomic E-state index is 13.8. The summed E-state index contributed by atoms with van der Waals surface area (Å²) in [6.07, 6.45) is 2.07. The summed E-state index contributed by atoms with van der Waals surface area (Å²) in [6.45, 7) is 1.90. The van der Waals surface area contributed by atoms with Crippen molar-refractivity contribution in [3.05, 3.63) is 70.8 Å². The van der Waals surface area contributed by atoms with Gasteiger partial charge in [0.25, 0.3) is 5.91 Å². The average Bonchev–Trinajstić information content (AvgIpc) is 3.41. The van der Waals surface area contributed by atoms with E-state index in [2.05, 4.69) is 16.2 Å². The molecule has 0 radical (unpaired) electrons. The Morgan fingerprint density at radius 2 is 1.97 bits per heavy atom. The number of hydrogen-bond donors (Lipinski definition) is 3. The Morgan fingerprint density at radius 3 is 2.81 bits per heavy atom. The molecule has 8 heteroatoms. The number of nitrogens with zero attached hydrogens (tertiary/aromatic N) is 1. The quantitative estimate of drug-likeness (QED) is 0.684. The van der Waals surface area contributed by atoms with Crippen LogP contribution in [-0.2, 0) is 4.79 Å². The zero-order valence-corrected chi connectivity index (χ0v) is 17.6. The Balaban J connectivity index is 1.26. The molecule has 0 saturated carbocycles. The number of hydrazine groups is 1. The van der Waals surface area contributed by atoms with Crippen LogP contribution >= 0.6 is 0 Å². The predicted octanol–water partition coefficient (Wildman–Crippen LogP) is 2.64. The van der Waals surface area contributed by atoms with E-state index in [4.69, 9.17) is 0 Å². The van der Waals surface area contributed by atoms with Crippen molar-refractivity contribution in [3.8, 4) is 0 Å². The Bertz CT molecular complexity index is 1050. The molecule has 168 valence electrons. The third kappa shape index (κ3) is 3.89. The van der Waals surface area contributed by atoms with Gasteiger partial charge in [-0.05, 0) is 48.1 Å². The molecule has 3 aliphatic rings. The predicted molar refractivity (Wildman–Crippen MR) is 115 cm³/mol. The summed E-state index contributed by atoms with van der Waals surface area (Å²) < 4.78 is 27.2. The molecule has 32 heavy (non-hydrogen) atoms. The van der Waals surface area contributed by atoms with Crippen LogP contribution in [0.3, 0.4) is 0 Å². The second-order valence-electron chi connectivity index (χ2n) is 8.89. The molecule has 3 aliphatic heterocycles. The van der Waals surface area contributed by atoms with Crippen LogP contribution in [0.2, 0.25) is 0 Å². The first-order valence-corrected chi connectivity index (χ1v) is 11.1. The van der Waals surface area contributed by atoms with Crippen LogP contribution in [-0.4, -0.2) is 42.4 Å². The number of nitrogens with one attached hydrogen (secondary N) is 3.